The van der Waals surface area contributed by atoms with Gasteiger partial charge in [-0.25, -0.2) is 0 Å². The molecular formula is C70H58BN5OPt-2. The molecule has 13 rings (SSSR count). The third-order valence-corrected chi connectivity index (χ3v) is 15.7. The molecule has 78 heavy (non-hydrogen) atoms. The molecule has 9 aromatic carbocycles. The van der Waals surface area contributed by atoms with Crippen molar-refractivity contribution >= 4 is 46.4 Å². The van der Waals surface area contributed by atoms with E-state index in [4.69, 9.17) is 17.9 Å². The van der Waals surface area contributed by atoms with Gasteiger partial charge in [0.2, 0.25) is 0 Å². The van der Waals surface area contributed by atoms with Gasteiger partial charge in [0.05, 0.1) is 0 Å². The van der Waals surface area contributed by atoms with Gasteiger partial charge in [-0.15, -0.1) is 6.07 Å². The Morgan fingerprint density at radius 2 is 1.37 bits per heavy atom. The fraction of sp³-hybridized carbons (Fsp3) is 0.143. The molecule has 0 fully saturated rings. The number of aromatic nitrogens is 3. The molecule has 2 aliphatic heterocycles. The minimum atomic E-state index is -2.43. The first-order valence-electron chi connectivity index (χ1n) is 30.3. The molecule has 0 atom stereocenters. The normalized spacial score (nSPS) is 14.5. The van der Waals surface area contributed by atoms with Crippen LogP contribution in [0, 0.1) is 35.6 Å². The first-order chi connectivity index (χ1) is 41.2. The summed E-state index contributed by atoms with van der Waals surface area (Å²) in [7, 11) is 0. The van der Waals surface area contributed by atoms with E-state index in [-0.39, 0.29) is 34.5 Å². The Morgan fingerprint density at radius 1 is 0.654 bits per heavy atom. The van der Waals surface area contributed by atoms with Crippen molar-refractivity contribution in [3.05, 3.63) is 244 Å². The Balaban J connectivity index is 0.977. The summed E-state index contributed by atoms with van der Waals surface area (Å²) in [6, 6.07) is 69.9. The molecule has 0 bridgehead atoms. The first-order valence-corrected chi connectivity index (χ1v) is 27.5. The quantitative estimate of drug-likeness (QED) is 0.101. The number of para-hydroxylation sites is 3. The van der Waals surface area contributed by atoms with Crippen LogP contribution >= 0.6 is 0 Å². The monoisotopic (exact) mass is 1200 g/mol. The standard InChI is InChI=1S/C70H58BN5O.Pt/c1-46(2)37-49-39-58(51-25-17-21-47(3)38-51)69(59(40-49)53-41-52(50-23-9-8-10-24-50)42-54(43-53)70(5,6)7)74-45-73(61-30-13-14-31-62(61)74)55-26-19-27-56(44-55)77-67-36-20-35-66(72-67)76-64-33-16-15-32-63(64)75-65-34-18-22-48(4)68(65)57-28-11-12-29-60(57)71(75)76;/h8-32,34-36,38-43,46H,37H2,1-7H3;/q-2;/i3D3,4D3,39D,40D;. The molecule has 0 saturated heterocycles. The maximum absolute atomic E-state index is 10.4. The van der Waals surface area contributed by atoms with E-state index in [1.54, 1.807) is 24.3 Å². The van der Waals surface area contributed by atoms with Crippen molar-refractivity contribution in [1.29, 1.82) is 0 Å². The van der Waals surface area contributed by atoms with Gasteiger partial charge in [-0.2, -0.15) is 12.1 Å². The van der Waals surface area contributed by atoms with Crippen molar-refractivity contribution in [1.82, 2.24) is 14.1 Å². The van der Waals surface area contributed by atoms with Crippen LogP contribution in [0.5, 0.6) is 11.6 Å². The summed E-state index contributed by atoms with van der Waals surface area (Å²) in [5.74, 6) is 1.40. The molecule has 0 radical (unpaired) electrons. The van der Waals surface area contributed by atoms with Crippen molar-refractivity contribution < 1.29 is 35.1 Å². The van der Waals surface area contributed by atoms with E-state index in [9.17, 15) is 2.74 Å². The molecule has 384 valence electrons. The summed E-state index contributed by atoms with van der Waals surface area (Å²) in [6.45, 7) is 5.55. The summed E-state index contributed by atoms with van der Waals surface area (Å²) < 4.78 is 83.7. The zero-order chi connectivity index (χ0) is 60.1. The Morgan fingerprint density at radius 3 is 2.18 bits per heavy atom. The summed E-state index contributed by atoms with van der Waals surface area (Å²) >= 11 is 2.34. The molecule has 0 amide bonds. The molecule has 0 saturated carbocycles. The van der Waals surface area contributed by atoms with E-state index >= 15 is 0 Å². The van der Waals surface area contributed by atoms with Crippen LogP contribution < -0.4 is 19.8 Å². The first kappa shape index (κ1) is 40.9. The van der Waals surface area contributed by atoms with Crippen molar-refractivity contribution in [2.75, 3.05) is 9.62 Å². The second-order valence-corrected chi connectivity index (χ2v) is 22.5. The average Bonchev–Trinajstić information content (AvgIpc) is 1.49. The third-order valence-electron chi connectivity index (χ3n) is 14.7. The van der Waals surface area contributed by atoms with Crippen molar-refractivity contribution in [3.8, 4) is 67.5 Å². The zero-order valence-electron chi connectivity index (χ0n) is 51.8. The van der Waals surface area contributed by atoms with E-state index in [1.165, 1.54) is 0 Å². The molecule has 2 aromatic heterocycles. The second-order valence-electron chi connectivity index (χ2n) is 21.5. The van der Waals surface area contributed by atoms with Crippen LogP contribution in [-0.2, 0) is 31.2 Å². The molecular weight excluding hydrogens is 1130 g/mol. The van der Waals surface area contributed by atoms with Gasteiger partial charge in [0.1, 0.15) is 0 Å². The van der Waals surface area contributed by atoms with E-state index in [1.807, 2.05) is 140 Å². The van der Waals surface area contributed by atoms with Crippen LogP contribution in [0.2, 0.25) is 0 Å². The predicted molar refractivity (Wildman–Crippen MR) is 319 cm³/mol. The number of ether oxygens (including phenoxy) is 1. The van der Waals surface area contributed by atoms with Crippen LogP contribution in [0.1, 0.15) is 67.8 Å². The number of hydrogen-bond donors (Lipinski definition) is 0. The van der Waals surface area contributed by atoms with Gasteiger partial charge in [0, 0.05) is 15.4 Å². The second kappa shape index (κ2) is 19.6. The molecule has 6 nitrogen and oxygen atoms in total. The molecule has 4 heterocycles. The van der Waals surface area contributed by atoms with Crippen molar-refractivity contribution in [2.24, 2.45) is 5.92 Å². The number of rotatable bonds is 10. The SMILES string of the molecule is [2H]c1c(CC(C)C)c([2H])c(-c2cc(-c3ccccc3)cc(C(C)(C)C)c2)c(-n2[c](=[Pt])n(-c3[c-]c(Oc4cccc(N5B6c7ccccc7-c7c(cccc7C([2H])([2H])[2H])N6c6ccc[c-]c65)n4)ccc3)c3ccccc32)c1-c1cccc(C([2H])([2H])[2H])c1. The van der Waals surface area contributed by atoms with Gasteiger partial charge < -0.3 is 0 Å². The van der Waals surface area contributed by atoms with Gasteiger partial charge >= 0.3 is 389 Å². The van der Waals surface area contributed by atoms with Gasteiger partial charge in [-0.05, 0) is 24.0 Å². The summed E-state index contributed by atoms with van der Waals surface area (Å²) in [4.78, 5) is 9.50. The van der Waals surface area contributed by atoms with Crippen molar-refractivity contribution in [3.63, 3.8) is 0 Å². The van der Waals surface area contributed by atoms with E-state index < -0.39 is 20.7 Å². The number of aryl methyl sites for hydroxylation is 2. The average molecular weight is 1200 g/mol. The number of benzene rings is 9. The zero-order valence-corrected chi connectivity index (χ0v) is 46.1. The fourth-order valence-electron chi connectivity index (χ4n) is 11.2. The topological polar surface area (TPSA) is 38.5 Å². The molecule has 8 heteroatoms. The van der Waals surface area contributed by atoms with Gasteiger partial charge in [-0.1, -0.05) is 36.4 Å². The number of pyridine rings is 1. The number of imidazole rings is 1. The number of hydrogen-bond acceptors (Lipinski definition) is 4. The van der Waals surface area contributed by atoms with Crippen LogP contribution in [0.15, 0.2) is 206 Å². The Bertz CT molecular complexity index is 4570. The Hall–Kier alpha value is -8.25. The molecule has 0 spiro atoms. The van der Waals surface area contributed by atoms with Gasteiger partial charge in [0.15, 0.2) is 0 Å². The van der Waals surface area contributed by atoms with Crippen LogP contribution in [0.25, 0.3) is 66.9 Å². The fourth-order valence-corrected chi connectivity index (χ4v) is 12.3. The summed E-state index contributed by atoms with van der Waals surface area (Å²) in [5, 5.41) is 0. The Labute approximate surface area is 480 Å². The van der Waals surface area contributed by atoms with Crippen molar-refractivity contribution in [2.45, 2.75) is 60.2 Å². The predicted octanol–water partition coefficient (Wildman–Crippen LogP) is 17.1. The molecule has 11 aromatic rings. The third kappa shape index (κ3) is 8.66. The van der Waals surface area contributed by atoms with Gasteiger partial charge in [0.25, 0.3) is 0 Å². The summed E-state index contributed by atoms with van der Waals surface area (Å²) in [5.41, 5.74) is 14.0. The van der Waals surface area contributed by atoms with E-state index in [0.717, 1.165) is 61.4 Å². The number of anilines is 4. The number of nitrogens with zero attached hydrogens (tertiary/aromatic N) is 5. The van der Waals surface area contributed by atoms with E-state index in [0.29, 0.717) is 66.9 Å². The molecule has 0 N–H and O–H groups in total. The minimum absolute atomic E-state index is 0.0930. The molecule has 0 aliphatic carbocycles. The van der Waals surface area contributed by atoms with Crippen LogP contribution in [0.4, 0.5) is 22.9 Å². The van der Waals surface area contributed by atoms with Crippen LogP contribution in [-0.4, -0.2) is 21.1 Å². The van der Waals surface area contributed by atoms with E-state index in [2.05, 4.69) is 115 Å². The summed E-state index contributed by atoms with van der Waals surface area (Å²) in [6.07, 6.45) is 0.450. The van der Waals surface area contributed by atoms with Crippen LogP contribution in [0.3, 0.4) is 0 Å². The van der Waals surface area contributed by atoms with Gasteiger partial charge in [-0.3, -0.25) is 0 Å². The Kier molecular flexibility index (Phi) is 10.3. The maximum atomic E-state index is 10.4. The number of fused-ring (bicyclic) bond motifs is 9. The molecule has 2 aliphatic rings. The molecule has 0 unspecified atom stereocenters.